The van der Waals surface area contributed by atoms with E-state index < -0.39 is 10.0 Å². The molecule has 0 unspecified atom stereocenters. The lowest BCUT2D eigenvalue weighted by Gasteiger charge is -2.32. The molecule has 0 atom stereocenters. The summed E-state index contributed by atoms with van der Waals surface area (Å²) in [6.07, 6.45) is 2.81. The smallest absolute Gasteiger partial charge is 0.245 e. The summed E-state index contributed by atoms with van der Waals surface area (Å²) in [6, 6.07) is 5.20. The van der Waals surface area contributed by atoms with Crippen LogP contribution >= 0.6 is 0 Å². The molecule has 0 amide bonds. The van der Waals surface area contributed by atoms with Crippen molar-refractivity contribution in [2.75, 3.05) is 18.8 Å². The van der Waals surface area contributed by atoms with Crippen molar-refractivity contribution < 1.29 is 8.42 Å². The Labute approximate surface area is 127 Å². The molecule has 1 aromatic carbocycles. The number of sulfonamides is 1. The first-order chi connectivity index (χ1) is 9.64. The van der Waals surface area contributed by atoms with E-state index in [9.17, 15) is 8.42 Å². The van der Waals surface area contributed by atoms with E-state index in [4.69, 9.17) is 5.73 Å². The van der Waals surface area contributed by atoms with Gasteiger partial charge in [-0.05, 0) is 30.4 Å². The highest BCUT2D eigenvalue weighted by Crippen LogP contribution is 2.33. The van der Waals surface area contributed by atoms with E-state index in [1.54, 1.807) is 25.1 Å². The lowest BCUT2D eigenvalue weighted by molar-refractivity contribution is 0.389. The molecule has 0 aliphatic carbocycles. The predicted octanol–water partition coefficient (Wildman–Crippen LogP) is 2.94. The molecule has 116 valence electrons. The van der Waals surface area contributed by atoms with Crippen LogP contribution in [0.4, 0.5) is 5.69 Å². The maximum atomic E-state index is 12.8. The second-order valence-electron chi connectivity index (χ2n) is 6.59. The second kappa shape index (κ2) is 5.46. The van der Waals surface area contributed by atoms with Gasteiger partial charge in [0.2, 0.25) is 10.0 Å². The van der Waals surface area contributed by atoms with Gasteiger partial charge in [0.15, 0.2) is 0 Å². The molecular weight excluding hydrogens is 284 g/mol. The molecule has 21 heavy (non-hydrogen) atoms. The molecule has 0 fully saturated rings. The number of rotatable bonds is 2. The van der Waals surface area contributed by atoms with Gasteiger partial charge in [-0.3, -0.25) is 0 Å². The topological polar surface area (TPSA) is 63.4 Å². The van der Waals surface area contributed by atoms with Gasteiger partial charge in [-0.1, -0.05) is 44.6 Å². The van der Waals surface area contributed by atoms with Crippen molar-refractivity contribution in [2.24, 2.45) is 5.41 Å². The summed E-state index contributed by atoms with van der Waals surface area (Å²) < 4.78 is 27.1. The van der Waals surface area contributed by atoms with Crippen molar-refractivity contribution >= 4 is 15.7 Å². The molecule has 0 spiro atoms. The highest BCUT2D eigenvalue weighted by Gasteiger charge is 2.31. The molecule has 5 heteroatoms. The number of nitrogen functional groups attached to an aromatic ring is 1. The van der Waals surface area contributed by atoms with Gasteiger partial charge in [-0.25, -0.2) is 8.42 Å². The average Bonchev–Trinajstić information content (AvgIpc) is 2.37. The van der Waals surface area contributed by atoms with Crippen molar-refractivity contribution in [3.63, 3.8) is 0 Å². The van der Waals surface area contributed by atoms with Crippen LogP contribution in [0.1, 0.15) is 32.8 Å². The molecule has 0 aromatic heterocycles. The van der Waals surface area contributed by atoms with Gasteiger partial charge >= 0.3 is 0 Å². The monoisotopic (exact) mass is 308 g/mol. The van der Waals surface area contributed by atoms with Crippen LogP contribution in [-0.4, -0.2) is 25.8 Å². The molecule has 2 rings (SSSR count). The summed E-state index contributed by atoms with van der Waals surface area (Å²) in [5.41, 5.74) is 8.31. The van der Waals surface area contributed by atoms with Gasteiger partial charge in [0, 0.05) is 13.1 Å². The lowest BCUT2D eigenvalue weighted by atomic mass is 9.83. The zero-order valence-electron chi connectivity index (χ0n) is 13.2. The quantitative estimate of drug-likeness (QED) is 0.675. The van der Waals surface area contributed by atoms with E-state index in [0.29, 0.717) is 24.3 Å². The Morgan fingerprint density at radius 1 is 1.24 bits per heavy atom. The van der Waals surface area contributed by atoms with Crippen LogP contribution in [0.5, 0.6) is 0 Å². The van der Waals surface area contributed by atoms with Crippen LogP contribution in [0.3, 0.4) is 0 Å². The molecule has 0 bridgehead atoms. The van der Waals surface area contributed by atoms with Crippen molar-refractivity contribution in [3.8, 4) is 0 Å². The fourth-order valence-corrected chi connectivity index (χ4v) is 4.41. The number of anilines is 1. The van der Waals surface area contributed by atoms with Gasteiger partial charge in [0.1, 0.15) is 4.90 Å². The van der Waals surface area contributed by atoms with E-state index in [1.165, 1.54) is 9.88 Å². The Bertz CT molecular complexity index is 650. The van der Waals surface area contributed by atoms with Crippen molar-refractivity contribution in [1.29, 1.82) is 0 Å². The molecule has 1 heterocycles. The summed E-state index contributed by atoms with van der Waals surface area (Å²) in [5, 5.41) is 0. The third-order valence-electron chi connectivity index (χ3n) is 3.98. The Morgan fingerprint density at radius 3 is 2.38 bits per heavy atom. The maximum Gasteiger partial charge on any atom is 0.245 e. The van der Waals surface area contributed by atoms with E-state index in [2.05, 4.69) is 20.8 Å². The largest absolute Gasteiger partial charge is 0.398 e. The van der Waals surface area contributed by atoms with Crippen molar-refractivity contribution in [2.45, 2.75) is 39.0 Å². The standard InChI is InChI=1S/C16H24N2O2S/c1-12-6-5-7-14(17)15(12)21(19,20)18-10-8-13(9-11-18)16(2,3)4/h5-8H,9-11,17H2,1-4H3. The number of nitrogens with zero attached hydrogens (tertiary/aromatic N) is 1. The van der Waals surface area contributed by atoms with Gasteiger partial charge in [-0.15, -0.1) is 0 Å². The Balaban J connectivity index is 2.34. The van der Waals surface area contributed by atoms with Crippen molar-refractivity contribution in [3.05, 3.63) is 35.4 Å². The van der Waals surface area contributed by atoms with E-state index in [1.807, 2.05) is 6.08 Å². The van der Waals surface area contributed by atoms with Crippen LogP contribution in [0.25, 0.3) is 0 Å². The number of benzene rings is 1. The average molecular weight is 308 g/mol. The van der Waals surface area contributed by atoms with Crippen LogP contribution in [0, 0.1) is 12.3 Å². The molecule has 1 aliphatic rings. The SMILES string of the molecule is Cc1cccc(N)c1S(=O)(=O)N1CC=C(C(C)(C)C)CC1. The summed E-state index contributed by atoms with van der Waals surface area (Å²) in [5.74, 6) is 0. The fraction of sp³-hybridized carbons (Fsp3) is 0.500. The van der Waals surface area contributed by atoms with Gasteiger partial charge in [0.05, 0.1) is 5.69 Å². The van der Waals surface area contributed by atoms with Crippen LogP contribution in [0.2, 0.25) is 0 Å². The van der Waals surface area contributed by atoms with Gasteiger partial charge < -0.3 is 5.73 Å². The van der Waals surface area contributed by atoms with Gasteiger partial charge in [0.25, 0.3) is 0 Å². The highest BCUT2D eigenvalue weighted by molar-refractivity contribution is 7.89. The van der Waals surface area contributed by atoms with Gasteiger partial charge in [-0.2, -0.15) is 4.31 Å². The molecule has 4 nitrogen and oxygen atoms in total. The maximum absolute atomic E-state index is 12.8. The van der Waals surface area contributed by atoms with Crippen LogP contribution in [0.15, 0.2) is 34.7 Å². The molecule has 0 saturated carbocycles. The summed E-state index contributed by atoms with van der Waals surface area (Å²) in [6.45, 7) is 9.18. The zero-order chi connectivity index (χ0) is 15.8. The zero-order valence-corrected chi connectivity index (χ0v) is 14.0. The third kappa shape index (κ3) is 3.14. The van der Waals surface area contributed by atoms with Crippen LogP contribution in [-0.2, 0) is 10.0 Å². The number of nitrogens with two attached hydrogens (primary N) is 1. The first-order valence-electron chi connectivity index (χ1n) is 7.19. The minimum absolute atomic E-state index is 0.0948. The van der Waals surface area contributed by atoms with Crippen molar-refractivity contribution in [1.82, 2.24) is 4.31 Å². The molecule has 1 aromatic rings. The molecule has 2 N–H and O–H groups in total. The summed E-state index contributed by atoms with van der Waals surface area (Å²) >= 11 is 0. The second-order valence-corrected chi connectivity index (χ2v) is 8.46. The number of aryl methyl sites for hydroxylation is 1. The predicted molar refractivity (Wildman–Crippen MR) is 86.5 cm³/mol. The van der Waals surface area contributed by atoms with E-state index in [-0.39, 0.29) is 10.3 Å². The van der Waals surface area contributed by atoms with E-state index in [0.717, 1.165) is 6.42 Å². The Hall–Kier alpha value is -1.33. The molecule has 0 radical (unpaired) electrons. The van der Waals surface area contributed by atoms with E-state index >= 15 is 0 Å². The minimum atomic E-state index is -3.53. The number of hydrogen-bond acceptors (Lipinski definition) is 3. The minimum Gasteiger partial charge on any atom is -0.398 e. The lowest BCUT2D eigenvalue weighted by Crippen LogP contribution is -2.37. The Kier molecular flexibility index (Phi) is 4.17. The molecular formula is C16H24N2O2S. The Morgan fingerprint density at radius 2 is 1.90 bits per heavy atom. The summed E-state index contributed by atoms with van der Waals surface area (Å²) in [4.78, 5) is 0.248. The number of hydrogen-bond donors (Lipinski definition) is 1. The third-order valence-corrected chi connectivity index (χ3v) is 6.06. The highest BCUT2D eigenvalue weighted by atomic mass is 32.2. The molecule has 1 aliphatic heterocycles. The first-order valence-corrected chi connectivity index (χ1v) is 8.63. The normalized spacial score (nSPS) is 17.6. The first kappa shape index (κ1) is 16.0. The summed E-state index contributed by atoms with van der Waals surface area (Å²) in [7, 11) is -3.53. The van der Waals surface area contributed by atoms with Crippen LogP contribution < -0.4 is 5.73 Å². The fourth-order valence-electron chi connectivity index (χ4n) is 2.71. The molecule has 0 saturated heterocycles.